The van der Waals surface area contributed by atoms with Crippen LogP contribution in [0.5, 0.6) is 0 Å². The number of aryl methyl sites for hydroxylation is 1. The maximum Gasteiger partial charge on any atom is 0.338 e. The lowest BCUT2D eigenvalue weighted by molar-refractivity contribution is -0.384. The maximum absolute atomic E-state index is 11.2. The number of carboxylic acids is 1. The number of aromatic nitrogens is 1. The van der Waals surface area contributed by atoms with Crippen LogP contribution in [0.15, 0.2) is 17.5 Å². The molecule has 110 valence electrons. The predicted molar refractivity (Wildman–Crippen MR) is 79.2 cm³/mol. The summed E-state index contributed by atoms with van der Waals surface area (Å²) in [4.78, 5) is 25.5. The summed E-state index contributed by atoms with van der Waals surface area (Å²) in [5.74, 6) is -1.29. The molecule has 0 fully saturated rings. The number of nitrogens with zero attached hydrogens (tertiary/aromatic N) is 2. The number of anilines is 1. The Hall–Kier alpha value is -2.19. The number of non-ortho nitro benzene ring substituents is 1. The van der Waals surface area contributed by atoms with E-state index >= 15 is 0 Å². The summed E-state index contributed by atoms with van der Waals surface area (Å²) >= 11 is 7.42. The van der Waals surface area contributed by atoms with E-state index in [-0.39, 0.29) is 28.5 Å². The number of nitrogens with one attached hydrogen (secondary N) is 1. The van der Waals surface area contributed by atoms with Crippen LogP contribution in [-0.4, -0.2) is 21.0 Å². The molecule has 0 amide bonds. The lowest BCUT2D eigenvalue weighted by atomic mass is 10.1. The highest BCUT2D eigenvalue weighted by atomic mass is 35.5. The number of rotatable bonds is 5. The molecule has 0 aliphatic rings. The van der Waals surface area contributed by atoms with Crippen molar-refractivity contribution in [3.8, 4) is 0 Å². The lowest BCUT2D eigenvalue weighted by Gasteiger charge is -2.10. The number of carbonyl (C=O) groups is 1. The molecule has 0 saturated carbocycles. The maximum atomic E-state index is 11.2. The summed E-state index contributed by atoms with van der Waals surface area (Å²) < 4.78 is 0. The van der Waals surface area contributed by atoms with Crippen molar-refractivity contribution in [3.05, 3.63) is 48.9 Å². The van der Waals surface area contributed by atoms with Crippen LogP contribution in [0, 0.1) is 17.0 Å². The Morgan fingerprint density at radius 1 is 1.57 bits per heavy atom. The fourth-order valence-electron chi connectivity index (χ4n) is 1.71. The summed E-state index contributed by atoms with van der Waals surface area (Å²) in [6, 6.07) is 2.09. The van der Waals surface area contributed by atoms with E-state index in [0.29, 0.717) is 0 Å². The van der Waals surface area contributed by atoms with E-state index in [1.807, 2.05) is 12.3 Å². The highest BCUT2D eigenvalue weighted by molar-refractivity contribution is 7.09. The average Bonchev–Trinajstić information content (AvgIpc) is 2.82. The van der Waals surface area contributed by atoms with E-state index in [1.165, 1.54) is 11.3 Å². The Kier molecular flexibility index (Phi) is 4.39. The molecule has 0 aliphatic carbocycles. The molecule has 0 spiro atoms. The monoisotopic (exact) mass is 327 g/mol. The van der Waals surface area contributed by atoms with Gasteiger partial charge in [0.2, 0.25) is 0 Å². The van der Waals surface area contributed by atoms with E-state index in [9.17, 15) is 14.9 Å². The van der Waals surface area contributed by atoms with Crippen molar-refractivity contribution in [1.29, 1.82) is 0 Å². The third-order valence-electron chi connectivity index (χ3n) is 2.63. The van der Waals surface area contributed by atoms with Gasteiger partial charge in [0.1, 0.15) is 0 Å². The summed E-state index contributed by atoms with van der Waals surface area (Å²) in [6.45, 7) is 2.14. The topological polar surface area (TPSA) is 105 Å². The smallest absolute Gasteiger partial charge is 0.338 e. The van der Waals surface area contributed by atoms with Crippen LogP contribution >= 0.6 is 22.9 Å². The van der Waals surface area contributed by atoms with Crippen molar-refractivity contribution >= 4 is 40.3 Å². The van der Waals surface area contributed by atoms with Gasteiger partial charge < -0.3 is 10.4 Å². The third kappa shape index (κ3) is 3.47. The molecule has 0 bridgehead atoms. The molecule has 1 aromatic heterocycles. The van der Waals surface area contributed by atoms with Crippen LogP contribution in [0.25, 0.3) is 0 Å². The summed E-state index contributed by atoms with van der Waals surface area (Å²) in [5, 5.41) is 25.5. The second-order valence-electron chi connectivity index (χ2n) is 4.12. The largest absolute Gasteiger partial charge is 0.478 e. The molecule has 2 aromatic rings. The van der Waals surface area contributed by atoms with Gasteiger partial charge in [0.05, 0.1) is 38.4 Å². The van der Waals surface area contributed by atoms with Crippen LogP contribution in [0.3, 0.4) is 0 Å². The standard InChI is InChI=1S/C12H10ClN3O4S/c1-6-15-7(5-21-6)4-14-11-9(12(17)18)2-8(16(19)20)3-10(11)13/h2-3,5,14H,4H2,1H3,(H,17,18). The molecule has 0 saturated heterocycles. The molecule has 1 heterocycles. The number of nitro benzene ring substituents is 1. The number of hydrogen-bond donors (Lipinski definition) is 2. The highest BCUT2D eigenvalue weighted by Crippen LogP contribution is 2.31. The van der Waals surface area contributed by atoms with E-state index in [1.54, 1.807) is 0 Å². The van der Waals surface area contributed by atoms with Gasteiger partial charge >= 0.3 is 5.97 Å². The molecule has 0 atom stereocenters. The second kappa shape index (κ2) is 6.06. The first-order chi connectivity index (χ1) is 9.88. The SMILES string of the molecule is Cc1nc(CNc2c(Cl)cc([N+](=O)[O-])cc2C(=O)O)cs1. The van der Waals surface area contributed by atoms with Gasteiger partial charge in [-0.05, 0) is 6.92 Å². The molecule has 9 heteroatoms. The van der Waals surface area contributed by atoms with E-state index in [2.05, 4.69) is 10.3 Å². The molecular formula is C12H10ClN3O4S. The van der Waals surface area contributed by atoms with Gasteiger partial charge in [0, 0.05) is 17.5 Å². The van der Waals surface area contributed by atoms with Crippen LogP contribution in [0.1, 0.15) is 21.1 Å². The normalized spacial score (nSPS) is 10.4. The van der Waals surface area contributed by atoms with Crippen molar-refractivity contribution in [3.63, 3.8) is 0 Å². The average molecular weight is 328 g/mol. The Bertz CT molecular complexity index is 717. The number of hydrogen-bond acceptors (Lipinski definition) is 6. The fraction of sp³-hybridized carbons (Fsp3) is 0.167. The van der Waals surface area contributed by atoms with Crippen molar-refractivity contribution in [1.82, 2.24) is 4.98 Å². The first-order valence-corrected chi connectivity index (χ1v) is 7.00. The minimum absolute atomic E-state index is 0.0199. The lowest BCUT2D eigenvalue weighted by Crippen LogP contribution is -2.08. The fourth-order valence-corrected chi connectivity index (χ4v) is 2.61. The molecule has 2 N–H and O–H groups in total. The summed E-state index contributed by atoms with van der Waals surface area (Å²) in [7, 11) is 0. The Balaban J connectivity index is 2.33. The molecule has 7 nitrogen and oxygen atoms in total. The minimum Gasteiger partial charge on any atom is -0.478 e. The van der Waals surface area contributed by atoms with Gasteiger partial charge in [-0.1, -0.05) is 11.6 Å². The molecule has 1 aromatic carbocycles. The molecular weight excluding hydrogens is 318 g/mol. The van der Waals surface area contributed by atoms with E-state index in [4.69, 9.17) is 16.7 Å². The number of aromatic carboxylic acids is 1. The minimum atomic E-state index is -1.29. The number of nitro groups is 1. The predicted octanol–water partition coefficient (Wildman–Crippen LogP) is 3.32. The summed E-state index contributed by atoms with van der Waals surface area (Å²) in [5.41, 5.74) is 0.261. The molecule has 0 unspecified atom stereocenters. The molecule has 0 aliphatic heterocycles. The Morgan fingerprint density at radius 2 is 2.29 bits per heavy atom. The van der Waals surface area contributed by atoms with E-state index < -0.39 is 10.9 Å². The van der Waals surface area contributed by atoms with Gasteiger partial charge in [-0.2, -0.15) is 0 Å². The quantitative estimate of drug-likeness (QED) is 0.644. The number of halogens is 1. The zero-order valence-corrected chi connectivity index (χ0v) is 12.4. The van der Waals surface area contributed by atoms with Crippen LogP contribution in [0.2, 0.25) is 5.02 Å². The van der Waals surface area contributed by atoms with Crippen molar-refractivity contribution < 1.29 is 14.8 Å². The Morgan fingerprint density at radius 3 is 2.81 bits per heavy atom. The van der Waals surface area contributed by atoms with Crippen LogP contribution in [0.4, 0.5) is 11.4 Å². The molecule has 21 heavy (non-hydrogen) atoms. The second-order valence-corrected chi connectivity index (χ2v) is 5.59. The summed E-state index contributed by atoms with van der Waals surface area (Å²) in [6.07, 6.45) is 0. The van der Waals surface area contributed by atoms with E-state index in [0.717, 1.165) is 22.8 Å². The van der Waals surface area contributed by atoms with Crippen LogP contribution < -0.4 is 5.32 Å². The highest BCUT2D eigenvalue weighted by Gasteiger charge is 2.20. The molecule has 0 radical (unpaired) electrons. The number of benzene rings is 1. The number of carboxylic acid groups (broad SMARTS) is 1. The zero-order valence-electron chi connectivity index (χ0n) is 10.8. The molecule has 2 rings (SSSR count). The number of thiazole rings is 1. The van der Waals surface area contributed by atoms with Crippen molar-refractivity contribution in [2.45, 2.75) is 13.5 Å². The first-order valence-electron chi connectivity index (χ1n) is 5.74. The first kappa shape index (κ1) is 15.2. The third-order valence-corrected chi connectivity index (χ3v) is 3.75. The van der Waals surface area contributed by atoms with Gasteiger partial charge in [-0.15, -0.1) is 11.3 Å². The van der Waals surface area contributed by atoms with Gasteiger partial charge in [-0.25, -0.2) is 9.78 Å². The Labute approximate surface area is 128 Å². The van der Waals surface area contributed by atoms with Gasteiger partial charge in [-0.3, -0.25) is 10.1 Å². The van der Waals surface area contributed by atoms with Gasteiger partial charge in [0.15, 0.2) is 0 Å². The van der Waals surface area contributed by atoms with Gasteiger partial charge in [0.25, 0.3) is 5.69 Å². The van der Waals surface area contributed by atoms with Crippen molar-refractivity contribution in [2.75, 3.05) is 5.32 Å². The van der Waals surface area contributed by atoms with Crippen molar-refractivity contribution in [2.24, 2.45) is 0 Å². The zero-order chi connectivity index (χ0) is 15.6. The van der Waals surface area contributed by atoms with Crippen LogP contribution in [-0.2, 0) is 6.54 Å².